The Morgan fingerprint density at radius 3 is 0.931 bits per heavy atom. The van der Waals surface area contributed by atoms with Gasteiger partial charge in [-0.15, -0.1) is 0 Å². The van der Waals surface area contributed by atoms with Gasteiger partial charge in [0.15, 0.2) is 6.10 Å². The molecular formula is C66H110O6. The van der Waals surface area contributed by atoms with Crippen molar-refractivity contribution in [2.45, 2.75) is 277 Å². The fraction of sp³-hybridized carbons (Fsp3) is 0.682. The molecule has 6 nitrogen and oxygen atoms in total. The van der Waals surface area contributed by atoms with E-state index in [-0.39, 0.29) is 37.5 Å². The fourth-order valence-corrected chi connectivity index (χ4v) is 8.13. The highest BCUT2D eigenvalue weighted by molar-refractivity contribution is 5.71. The first-order chi connectivity index (χ1) is 35.5. The van der Waals surface area contributed by atoms with Crippen LogP contribution in [0.25, 0.3) is 0 Å². The van der Waals surface area contributed by atoms with Crippen LogP contribution < -0.4 is 0 Å². The predicted molar refractivity (Wildman–Crippen MR) is 311 cm³/mol. The lowest BCUT2D eigenvalue weighted by Crippen LogP contribution is -2.30. The second kappa shape index (κ2) is 59.6. The zero-order valence-corrected chi connectivity index (χ0v) is 46.9. The lowest BCUT2D eigenvalue weighted by Gasteiger charge is -2.18. The smallest absolute Gasteiger partial charge is 0.306 e. The SMILES string of the molecule is CC/C=C\C/C=C\C/C=C\C/C=C\C/C=C\CCCCCCCCCCCC(=O)OCC(COC(=O)CC/C=C\C/C=C\C/C=C\C/C=C\CC)OC(=O)CCCCCCCCCCCCCCCCCC. The van der Waals surface area contributed by atoms with E-state index in [0.29, 0.717) is 19.3 Å². The summed E-state index contributed by atoms with van der Waals surface area (Å²) in [4.78, 5) is 38.1. The van der Waals surface area contributed by atoms with Gasteiger partial charge in [0.25, 0.3) is 0 Å². The van der Waals surface area contributed by atoms with Crippen LogP contribution in [0.1, 0.15) is 271 Å². The van der Waals surface area contributed by atoms with Gasteiger partial charge in [0.1, 0.15) is 13.2 Å². The van der Waals surface area contributed by atoms with Gasteiger partial charge >= 0.3 is 17.9 Å². The first-order valence-corrected chi connectivity index (χ1v) is 29.9. The Labute approximate surface area is 444 Å². The van der Waals surface area contributed by atoms with E-state index in [1.807, 2.05) is 6.08 Å². The van der Waals surface area contributed by atoms with Crippen LogP contribution in [0.15, 0.2) is 109 Å². The standard InChI is InChI=1S/C66H110O6/c1-4-7-10-13-16-19-22-25-27-29-30-31-32-33-34-35-36-37-39-41-44-47-50-53-56-59-65(68)71-62-63(61-70-64(67)58-55-52-49-46-43-40-24-21-18-15-12-9-6-3)72-66(69)60-57-54-51-48-45-42-38-28-26-23-20-17-14-11-8-5-2/h7,9-10,12,16,18-19,21,25,27,30-31,33-34,40,43,49,52,63H,4-6,8,11,13-15,17,20,22-24,26,28-29,32,35-39,41-42,44-48,50-51,53-62H2,1-3H3/b10-7-,12-9-,19-16-,21-18-,27-25-,31-30-,34-33-,43-40-,52-49-. The highest BCUT2D eigenvalue weighted by Gasteiger charge is 2.19. The average Bonchev–Trinajstić information content (AvgIpc) is 3.38. The minimum atomic E-state index is -0.809. The Kier molecular flexibility index (Phi) is 56.4. The van der Waals surface area contributed by atoms with E-state index in [1.54, 1.807) is 0 Å². The second-order valence-corrected chi connectivity index (χ2v) is 19.5. The van der Waals surface area contributed by atoms with Gasteiger partial charge in [0, 0.05) is 19.3 Å². The van der Waals surface area contributed by atoms with Crippen molar-refractivity contribution < 1.29 is 28.6 Å². The van der Waals surface area contributed by atoms with Crippen LogP contribution in [0.2, 0.25) is 0 Å². The Hall–Kier alpha value is -3.93. The first-order valence-electron chi connectivity index (χ1n) is 29.9. The van der Waals surface area contributed by atoms with Crippen LogP contribution in [-0.4, -0.2) is 37.2 Å². The molecule has 0 aliphatic heterocycles. The number of esters is 3. The first kappa shape index (κ1) is 68.1. The lowest BCUT2D eigenvalue weighted by atomic mass is 10.0. The van der Waals surface area contributed by atoms with Crippen LogP contribution in [0.3, 0.4) is 0 Å². The van der Waals surface area contributed by atoms with E-state index < -0.39 is 6.10 Å². The third kappa shape index (κ3) is 57.0. The number of unbranched alkanes of at least 4 members (excludes halogenated alkanes) is 24. The summed E-state index contributed by atoms with van der Waals surface area (Å²) in [5.74, 6) is -0.987. The predicted octanol–water partition coefficient (Wildman–Crippen LogP) is 20.3. The summed E-state index contributed by atoms with van der Waals surface area (Å²) < 4.78 is 16.8. The second-order valence-electron chi connectivity index (χ2n) is 19.5. The van der Waals surface area contributed by atoms with Crippen molar-refractivity contribution in [3.05, 3.63) is 109 Å². The van der Waals surface area contributed by atoms with Crippen molar-refractivity contribution in [2.24, 2.45) is 0 Å². The van der Waals surface area contributed by atoms with Crippen LogP contribution in [-0.2, 0) is 28.6 Å². The number of hydrogen-bond donors (Lipinski definition) is 0. The van der Waals surface area contributed by atoms with Crippen LogP contribution in [0.4, 0.5) is 0 Å². The molecule has 0 aliphatic rings. The van der Waals surface area contributed by atoms with Gasteiger partial charge in [0.2, 0.25) is 0 Å². The Balaban J connectivity index is 4.37. The van der Waals surface area contributed by atoms with E-state index in [0.717, 1.165) is 103 Å². The minimum absolute atomic E-state index is 0.102. The number of rotatable bonds is 53. The molecule has 0 heterocycles. The largest absolute Gasteiger partial charge is 0.462 e. The van der Waals surface area contributed by atoms with Crippen molar-refractivity contribution >= 4 is 17.9 Å². The van der Waals surface area contributed by atoms with Crippen molar-refractivity contribution in [1.82, 2.24) is 0 Å². The van der Waals surface area contributed by atoms with E-state index in [2.05, 4.69) is 124 Å². The normalized spacial score (nSPS) is 12.9. The molecule has 0 fully saturated rings. The molecule has 1 unspecified atom stereocenters. The average molecular weight is 1000 g/mol. The third-order valence-corrected chi connectivity index (χ3v) is 12.5. The van der Waals surface area contributed by atoms with E-state index in [4.69, 9.17) is 14.2 Å². The van der Waals surface area contributed by atoms with E-state index in [1.165, 1.54) is 122 Å². The fourth-order valence-electron chi connectivity index (χ4n) is 8.13. The summed E-state index contributed by atoms with van der Waals surface area (Å²) in [7, 11) is 0. The van der Waals surface area contributed by atoms with Gasteiger partial charge in [-0.05, 0) is 89.9 Å². The van der Waals surface area contributed by atoms with E-state index >= 15 is 0 Å². The maximum atomic E-state index is 12.9. The van der Waals surface area contributed by atoms with Crippen LogP contribution in [0, 0.1) is 0 Å². The molecule has 0 amide bonds. The van der Waals surface area contributed by atoms with Crippen LogP contribution in [0.5, 0.6) is 0 Å². The molecule has 0 saturated carbocycles. The zero-order valence-electron chi connectivity index (χ0n) is 46.9. The van der Waals surface area contributed by atoms with Crippen LogP contribution >= 0.6 is 0 Å². The summed E-state index contributed by atoms with van der Waals surface area (Å²) in [5, 5.41) is 0. The lowest BCUT2D eigenvalue weighted by molar-refractivity contribution is -0.166. The highest BCUT2D eigenvalue weighted by atomic mass is 16.6. The molecule has 410 valence electrons. The van der Waals surface area contributed by atoms with Gasteiger partial charge < -0.3 is 14.2 Å². The summed E-state index contributed by atoms with van der Waals surface area (Å²) in [6.07, 6.45) is 81.0. The molecule has 0 bridgehead atoms. The molecule has 0 radical (unpaired) electrons. The van der Waals surface area contributed by atoms with Crippen molar-refractivity contribution in [1.29, 1.82) is 0 Å². The maximum Gasteiger partial charge on any atom is 0.306 e. The minimum Gasteiger partial charge on any atom is -0.462 e. The third-order valence-electron chi connectivity index (χ3n) is 12.5. The summed E-state index contributed by atoms with van der Waals surface area (Å²) in [6.45, 7) is 6.36. The number of hydrogen-bond acceptors (Lipinski definition) is 6. The molecule has 0 spiro atoms. The van der Waals surface area contributed by atoms with Gasteiger partial charge in [0.05, 0.1) is 0 Å². The number of carbonyl (C=O) groups excluding carboxylic acids is 3. The number of allylic oxidation sites excluding steroid dienone is 18. The molecule has 0 aromatic rings. The monoisotopic (exact) mass is 999 g/mol. The summed E-state index contributed by atoms with van der Waals surface area (Å²) >= 11 is 0. The quantitative estimate of drug-likeness (QED) is 0.0261. The van der Waals surface area contributed by atoms with Crippen molar-refractivity contribution in [3.8, 4) is 0 Å². The molecule has 0 aliphatic carbocycles. The molecule has 72 heavy (non-hydrogen) atoms. The molecular weight excluding hydrogens is 889 g/mol. The highest BCUT2D eigenvalue weighted by Crippen LogP contribution is 2.16. The Bertz CT molecular complexity index is 1470. The molecule has 0 N–H and O–H groups in total. The van der Waals surface area contributed by atoms with Gasteiger partial charge in [-0.25, -0.2) is 0 Å². The Morgan fingerprint density at radius 1 is 0.292 bits per heavy atom. The zero-order chi connectivity index (χ0) is 52.2. The van der Waals surface area contributed by atoms with Crippen molar-refractivity contribution in [2.75, 3.05) is 13.2 Å². The molecule has 0 saturated heterocycles. The molecule has 0 aromatic heterocycles. The molecule has 6 heteroatoms. The number of carbonyl (C=O) groups is 3. The Morgan fingerprint density at radius 2 is 0.569 bits per heavy atom. The van der Waals surface area contributed by atoms with E-state index in [9.17, 15) is 14.4 Å². The van der Waals surface area contributed by atoms with Gasteiger partial charge in [-0.2, -0.15) is 0 Å². The maximum absolute atomic E-state index is 12.9. The van der Waals surface area contributed by atoms with Gasteiger partial charge in [-0.3, -0.25) is 14.4 Å². The topological polar surface area (TPSA) is 78.9 Å². The van der Waals surface area contributed by atoms with Gasteiger partial charge in [-0.1, -0.05) is 271 Å². The summed E-state index contributed by atoms with van der Waals surface area (Å²) in [6, 6.07) is 0. The van der Waals surface area contributed by atoms with Crippen molar-refractivity contribution in [3.63, 3.8) is 0 Å². The molecule has 1 atom stereocenters. The number of ether oxygens (including phenoxy) is 3. The molecule has 0 rings (SSSR count). The summed E-state index contributed by atoms with van der Waals surface area (Å²) in [5.41, 5.74) is 0. The molecule has 0 aromatic carbocycles.